The topological polar surface area (TPSA) is 29.1 Å². The summed E-state index contributed by atoms with van der Waals surface area (Å²) >= 11 is 0. The third kappa shape index (κ3) is 6.96. The Morgan fingerprint density at radius 2 is 1.65 bits per heavy atom. The average molecular weight is 656 g/mol. The number of rotatable bonds is 11. The fraction of sp³-hybridized carbons (Fsp3) is 0.821. The number of likely N-dealkylation sites (tertiary alicyclic amines) is 1. The molecule has 1 saturated heterocycles. The molecule has 0 bridgehead atoms. The molecule has 1 unspecified atom stereocenters. The van der Waals surface area contributed by atoms with Crippen molar-refractivity contribution in [2.75, 3.05) is 32.7 Å². The second kappa shape index (κ2) is 14.3. The smallest absolute Gasteiger partial charge is 0.220 e. The van der Waals surface area contributed by atoms with Crippen LogP contribution in [0.1, 0.15) is 123 Å². The standard InChI is InChI=1S/C39H62N2O.BrH/c1-30(16-21-37(42)40-25-29-41(26-9-10-27-41)28-11-14-31-12-5-4-6-13-31)34-19-20-35-33-18-17-32-15-7-8-23-38(32,2)36(33)22-24-39(34,35)3;/h4-6,12-13,30,32-36H,7-11,14-29H2,1-3H3;1H/t30-,32?,33+,34-,35+,36+,38+,39-;/m1./s1. The number of halogens is 1. The molecule has 1 heterocycles. The van der Waals surface area contributed by atoms with E-state index in [0.29, 0.717) is 22.7 Å². The number of aryl methyl sites for hydroxylation is 1. The van der Waals surface area contributed by atoms with Gasteiger partial charge in [0.25, 0.3) is 0 Å². The Morgan fingerprint density at radius 1 is 0.884 bits per heavy atom. The van der Waals surface area contributed by atoms with Crippen molar-refractivity contribution in [2.45, 2.75) is 124 Å². The third-order valence-electron chi connectivity index (χ3n) is 14.5. The first-order chi connectivity index (χ1) is 20.3. The van der Waals surface area contributed by atoms with Crippen molar-refractivity contribution in [3.05, 3.63) is 35.9 Å². The van der Waals surface area contributed by atoms with Crippen LogP contribution in [-0.4, -0.2) is 43.1 Å². The van der Waals surface area contributed by atoms with Crippen molar-refractivity contribution >= 4 is 5.91 Å². The van der Waals surface area contributed by atoms with E-state index >= 15 is 0 Å². The highest BCUT2D eigenvalue weighted by molar-refractivity contribution is 5.75. The summed E-state index contributed by atoms with van der Waals surface area (Å²) in [6.45, 7) is 13.7. The quantitative estimate of drug-likeness (QED) is 0.300. The molecule has 0 spiro atoms. The van der Waals surface area contributed by atoms with Gasteiger partial charge < -0.3 is 26.8 Å². The predicted octanol–water partition coefficient (Wildman–Crippen LogP) is 5.82. The van der Waals surface area contributed by atoms with E-state index in [2.05, 4.69) is 56.4 Å². The minimum atomic E-state index is 0. The summed E-state index contributed by atoms with van der Waals surface area (Å²) in [5, 5.41) is 3.37. The average Bonchev–Trinajstić information content (AvgIpc) is 3.60. The highest BCUT2D eigenvalue weighted by atomic mass is 79.9. The number of carbonyl (C=O) groups excluding carboxylic acids is 1. The van der Waals surface area contributed by atoms with Gasteiger partial charge in [-0.3, -0.25) is 4.79 Å². The first-order valence-corrected chi connectivity index (χ1v) is 18.5. The zero-order valence-corrected chi connectivity index (χ0v) is 29.5. The number of nitrogens with one attached hydrogen (secondary N) is 1. The van der Waals surface area contributed by atoms with Crippen molar-refractivity contribution in [3.63, 3.8) is 0 Å². The van der Waals surface area contributed by atoms with Crippen LogP contribution in [0.4, 0.5) is 0 Å². The number of fused-ring (bicyclic) bond motifs is 5. The van der Waals surface area contributed by atoms with E-state index in [9.17, 15) is 4.79 Å². The van der Waals surface area contributed by atoms with Gasteiger partial charge in [-0.2, -0.15) is 0 Å². The summed E-state index contributed by atoms with van der Waals surface area (Å²) in [5.41, 5.74) is 2.61. The molecular weight excluding hydrogens is 592 g/mol. The predicted molar refractivity (Wildman–Crippen MR) is 175 cm³/mol. The van der Waals surface area contributed by atoms with Crippen LogP contribution in [0.25, 0.3) is 0 Å². The summed E-state index contributed by atoms with van der Waals surface area (Å²) in [6.07, 6.45) is 21.7. The molecule has 3 nitrogen and oxygen atoms in total. The molecule has 0 radical (unpaired) electrons. The van der Waals surface area contributed by atoms with Gasteiger partial charge in [0.05, 0.1) is 32.7 Å². The molecule has 1 N–H and O–H groups in total. The Labute approximate surface area is 275 Å². The molecule has 1 aromatic carbocycles. The lowest BCUT2D eigenvalue weighted by atomic mass is 9.44. The van der Waals surface area contributed by atoms with Gasteiger partial charge in [-0.05, 0) is 116 Å². The minimum Gasteiger partial charge on any atom is -1.00 e. The van der Waals surface area contributed by atoms with Gasteiger partial charge in [-0.1, -0.05) is 63.9 Å². The number of benzene rings is 1. The fourth-order valence-corrected chi connectivity index (χ4v) is 12.2. The second-order valence-electron chi connectivity index (χ2n) is 16.5. The Bertz CT molecular complexity index is 1040. The largest absolute Gasteiger partial charge is 1.00 e. The Balaban J connectivity index is 0.00000368. The van der Waals surface area contributed by atoms with Crippen molar-refractivity contribution in [1.82, 2.24) is 5.32 Å². The lowest BCUT2D eigenvalue weighted by Crippen LogP contribution is -3.00. The SMILES string of the molecule is C[C@H](CCC(=O)NCC[N+]1(CCCc2ccccc2)CCCC1)[C@H]1CC[C@H]2[C@@H]3CCC4CCCC[C@]4(C)[C@H]3CC[C@]12C.[Br-]. The Hall–Kier alpha value is -0.870. The fourth-order valence-electron chi connectivity index (χ4n) is 12.2. The van der Waals surface area contributed by atoms with Gasteiger partial charge in [0.2, 0.25) is 5.91 Å². The number of hydrogen-bond acceptors (Lipinski definition) is 1. The summed E-state index contributed by atoms with van der Waals surface area (Å²) in [5.74, 6) is 5.72. The summed E-state index contributed by atoms with van der Waals surface area (Å²) in [7, 11) is 0. The molecule has 0 aromatic heterocycles. The summed E-state index contributed by atoms with van der Waals surface area (Å²) in [6, 6.07) is 10.9. The molecule has 5 fully saturated rings. The van der Waals surface area contributed by atoms with Crippen LogP contribution in [-0.2, 0) is 11.2 Å². The number of carbonyl (C=O) groups is 1. The number of quaternary nitrogens is 1. The minimum absolute atomic E-state index is 0. The zero-order valence-electron chi connectivity index (χ0n) is 27.9. The van der Waals surface area contributed by atoms with E-state index in [0.717, 1.165) is 55.5 Å². The van der Waals surface area contributed by atoms with Gasteiger partial charge in [-0.15, -0.1) is 0 Å². The second-order valence-corrected chi connectivity index (χ2v) is 16.5. The van der Waals surface area contributed by atoms with Gasteiger partial charge >= 0.3 is 0 Å². The van der Waals surface area contributed by atoms with Gasteiger partial charge in [0, 0.05) is 25.7 Å². The van der Waals surface area contributed by atoms with Crippen LogP contribution in [0.2, 0.25) is 0 Å². The normalized spacial score (nSPS) is 37.0. The van der Waals surface area contributed by atoms with E-state index in [1.807, 2.05) is 0 Å². The van der Waals surface area contributed by atoms with Crippen LogP contribution in [0.15, 0.2) is 30.3 Å². The lowest BCUT2D eigenvalue weighted by Gasteiger charge is -2.61. The van der Waals surface area contributed by atoms with Crippen molar-refractivity contribution in [3.8, 4) is 0 Å². The molecule has 4 saturated carbocycles. The van der Waals surface area contributed by atoms with Crippen molar-refractivity contribution in [1.29, 1.82) is 0 Å². The molecule has 242 valence electrons. The maximum Gasteiger partial charge on any atom is 0.220 e. The molecular formula is C39H63BrN2O. The van der Waals surface area contributed by atoms with Gasteiger partial charge in [0.1, 0.15) is 0 Å². The number of hydrogen-bond donors (Lipinski definition) is 1. The Morgan fingerprint density at radius 3 is 2.44 bits per heavy atom. The van der Waals surface area contributed by atoms with Crippen LogP contribution in [0.5, 0.6) is 0 Å². The monoisotopic (exact) mass is 654 g/mol. The maximum atomic E-state index is 13.0. The Kier molecular flexibility index (Phi) is 11.1. The molecule has 43 heavy (non-hydrogen) atoms. The lowest BCUT2D eigenvalue weighted by molar-refractivity contribution is -0.915. The first-order valence-electron chi connectivity index (χ1n) is 18.5. The van der Waals surface area contributed by atoms with E-state index < -0.39 is 0 Å². The van der Waals surface area contributed by atoms with Crippen molar-refractivity contribution < 1.29 is 26.3 Å². The molecule has 4 heteroatoms. The molecule has 8 atom stereocenters. The highest BCUT2D eigenvalue weighted by Gasteiger charge is 2.60. The zero-order chi connectivity index (χ0) is 29.2. The number of nitrogens with zero attached hydrogens (tertiary/aromatic N) is 1. The molecule has 5 aliphatic rings. The number of amides is 1. The van der Waals surface area contributed by atoms with E-state index in [1.54, 1.807) is 0 Å². The highest BCUT2D eigenvalue weighted by Crippen LogP contribution is 2.68. The molecule has 1 aliphatic heterocycles. The van der Waals surface area contributed by atoms with E-state index in [-0.39, 0.29) is 17.0 Å². The summed E-state index contributed by atoms with van der Waals surface area (Å²) in [4.78, 5) is 13.0. The van der Waals surface area contributed by atoms with Crippen LogP contribution in [0, 0.1) is 46.3 Å². The van der Waals surface area contributed by atoms with Crippen LogP contribution >= 0.6 is 0 Å². The summed E-state index contributed by atoms with van der Waals surface area (Å²) < 4.78 is 1.22. The third-order valence-corrected chi connectivity index (χ3v) is 14.5. The van der Waals surface area contributed by atoms with Gasteiger partial charge in [-0.25, -0.2) is 0 Å². The first kappa shape index (κ1) is 33.5. The van der Waals surface area contributed by atoms with Crippen LogP contribution < -0.4 is 22.3 Å². The van der Waals surface area contributed by atoms with E-state index in [4.69, 9.17) is 0 Å². The maximum absolute atomic E-state index is 13.0. The molecule has 1 aromatic rings. The molecule has 6 rings (SSSR count). The van der Waals surface area contributed by atoms with Crippen LogP contribution in [0.3, 0.4) is 0 Å². The molecule has 1 amide bonds. The molecule has 4 aliphatic carbocycles. The van der Waals surface area contributed by atoms with Crippen molar-refractivity contribution in [2.24, 2.45) is 46.3 Å². The van der Waals surface area contributed by atoms with E-state index in [1.165, 1.54) is 120 Å². The van der Waals surface area contributed by atoms with Gasteiger partial charge in [0.15, 0.2) is 0 Å².